The quantitative estimate of drug-likeness (QED) is 0.733. The summed E-state index contributed by atoms with van der Waals surface area (Å²) in [5.74, 6) is 0.671. The Balaban J connectivity index is 1.27. The number of nitrogens with one attached hydrogen (secondary N) is 2. The maximum Gasteiger partial charge on any atom is 0.321 e. The lowest BCUT2D eigenvalue weighted by Gasteiger charge is -2.51. The molecule has 0 unspecified atom stereocenters. The minimum atomic E-state index is -0.647. The standard InChI is InChI=1S/C22H23FN4O4/c1-26-17-12-14(23)2-4-16(17)20(28)25-22(26)6-8-27(9-7-22)21(29)24-15-3-5-18-19(13-15)31-11-10-30-18/h2-5,12-13H,6-11H2,1H3,(H,24,29)(H,25,28). The van der Waals surface area contributed by atoms with Crippen molar-refractivity contribution in [3.63, 3.8) is 0 Å². The largest absolute Gasteiger partial charge is 0.486 e. The van der Waals surface area contributed by atoms with E-state index in [0.717, 1.165) is 0 Å². The smallest absolute Gasteiger partial charge is 0.321 e. The molecule has 0 aliphatic carbocycles. The lowest BCUT2D eigenvalue weighted by Crippen LogP contribution is -2.67. The zero-order valence-corrected chi connectivity index (χ0v) is 17.1. The number of likely N-dealkylation sites (tertiary alicyclic amines) is 1. The first-order valence-electron chi connectivity index (χ1n) is 10.3. The topological polar surface area (TPSA) is 83.1 Å². The predicted octanol–water partition coefficient (Wildman–Crippen LogP) is 2.80. The van der Waals surface area contributed by atoms with Gasteiger partial charge in [0.15, 0.2) is 11.5 Å². The molecule has 2 N–H and O–H groups in total. The number of carbonyl (C=O) groups is 2. The van der Waals surface area contributed by atoms with Crippen LogP contribution in [0.4, 0.5) is 20.6 Å². The third kappa shape index (κ3) is 3.39. The SMILES string of the molecule is CN1c2cc(F)ccc2C(=O)NC12CCN(C(=O)Nc1ccc3c(c1)OCCO3)CC2. The Hall–Kier alpha value is -3.49. The molecule has 8 nitrogen and oxygen atoms in total. The van der Waals surface area contributed by atoms with E-state index in [4.69, 9.17) is 9.47 Å². The zero-order valence-electron chi connectivity index (χ0n) is 17.1. The molecule has 0 aromatic heterocycles. The number of piperidine rings is 1. The number of rotatable bonds is 1. The Morgan fingerprint density at radius 2 is 1.84 bits per heavy atom. The first-order chi connectivity index (χ1) is 14.9. The van der Waals surface area contributed by atoms with E-state index in [0.29, 0.717) is 67.6 Å². The number of halogens is 1. The first kappa shape index (κ1) is 19.5. The third-order valence-corrected chi connectivity index (χ3v) is 6.23. The second-order valence-electron chi connectivity index (χ2n) is 7.98. The molecule has 3 heterocycles. The van der Waals surface area contributed by atoms with Crippen molar-refractivity contribution in [3.8, 4) is 11.5 Å². The molecule has 9 heteroatoms. The Kier molecular flexibility index (Phi) is 4.60. The number of benzene rings is 2. The number of ether oxygens (including phenoxy) is 2. The number of nitrogens with zero attached hydrogens (tertiary/aromatic N) is 2. The second-order valence-corrected chi connectivity index (χ2v) is 7.98. The number of anilines is 2. The number of hydrogen-bond donors (Lipinski definition) is 2. The van der Waals surface area contributed by atoms with Crippen LogP contribution in [-0.4, -0.2) is 55.9 Å². The maximum atomic E-state index is 13.8. The molecule has 2 aromatic rings. The molecule has 1 saturated heterocycles. The van der Waals surface area contributed by atoms with Crippen LogP contribution in [0.3, 0.4) is 0 Å². The van der Waals surface area contributed by atoms with Gasteiger partial charge in [-0.3, -0.25) is 4.79 Å². The molecule has 0 saturated carbocycles. The molecule has 3 amide bonds. The fourth-order valence-electron chi connectivity index (χ4n) is 4.43. The van der Waals surface area contributed by atoms with Gasteiger partial charge in [-0.05, 0) is 30.3 Å². The van der Waals surface area contributed by atoms with Crippen LogP contribution in [0.1, 0.15) is 23.2 Å². The molecule has 0 atom stereocenters. The van der Waals surface area contributed by atoms with Crippen LogP contribution in [0, 0.1) is 5.82 Å². The van der Waals surface area contributed by atoms with Gasteiger partial charge >= 0.3 is 6.03 Å². The highest BCUT2D eigenvalue weighted by Crippen LogP contribution is 2.37. The zero-order chi connectivity index (χ0) is 21.6. The van der Waals surface area contributed by atoms with Crippen molar-refractivity contribution in [2.24, 2.45) is 0 Å². The molecular weight excluding hydrogens is 403 g/mol. The normalized spacial score (nSPS) is 19.0. The van der Waals surface area contributed by atoms with Crippen molar-refractivity contribution in [3.05, 3.63) is 47.8 Å². The molecule has 0 bridgehead atoms. The van der Waals surface area contributed by atoms with E-state index in [1.54, 1.807) is 23.1 Å². The molecule has 5 rings (SSSR count). The summed E-state index contributed by atoms with van der Waals surface area (Å²) in [6.07, 6.45) is 1.06. The number of urea groups is 1. The van der Waals surface area contributed by atoms with E-state index in [9.17, 15) is 14.0 Å². The van der Waals surface area contributed by atoms with E-state index < -0.39 is 5.66 Å². The average Bonchev–Trinajstić information content (AvgIpc) is 2.78. The number of fused-ring (bicyclic) bond motifs is 2. The summed E-state index contributed by atoms with van der Waals surface area (Å²) in [5.41, 5.74) is 0.999. The summed E-state index contributed by atoms with van der Waals surface area (Å²) < 4.78 is 24.9. The highest BCUT2D eigenvalue weighted by Gasteiger charge is 2.45. The van der Waals surface area contributed by atoms with Gasteiger partial charge in [-0.1, -0.05) is 0 Å². The van der Waals surface area contributed by atoms with Crippen LogP contribution in [0.25, 0.3) is 0 Å². The molecular formula is C22H23FN4O4. The molecule has 3 aliphatic heterocycles. The Morgan fingerprint density at radius 1 is 1.10 bits per heavy atom. The Bertz CT molecular complexity index is 1050. The molecule has 1 spiro atoms. The highest BCUT2D eigenvalue weighted by atomic mass is 19.1. The van der Waals surface area contributed by atoms with E-state index in [2.05, 4.69) is 10.6 Å². The fourth-order valence-corrected chi connectivity index (χ4v) is 4.43. The summed E-state index contributed by atoms with van der Waals surface area (Å²) >= 11 is 0. The predicted molar refractivity (Wildman–Crippen MR) is 112 cm³/mol. The van der Waals surface area contributed by atoms with Gasteiger partial charge in [0.2, 0.25) is 0 Å². The third-order valence-electron chi connectivity index (χ3n) is 6.23. The van der Waals surface area contributed by atoms with Crippen LogP contribution in [0.15, 0.2) is 36.4 Å². The Morgan fingerprint density at radius 3 is 2.61 bits per heavy atom. The summed E-state index contributed by atoms with van der Waals surface area (Å²) in [6.45, 7) is 1.89. The lowest BCUT2D eigenvalue weighted by atomic mass is 9.90. The number of amides is 3. The van der Waals surface area contributed by atoms with Crippen LogP contribution < -0.4 is 25.0 Å². The first-order valence-corrected chi connectivity index (χ1v) is 10.3. The number of carbonyl (C=O) groups excluding carboxylic acids is 2. The maximum absolute atomic E-state index is 13.8. The van der Waals surface area contributed by atoms with Crippen LogP contribution >= 0.6 is 0 Å². The molecule has 3 aliphatic rings. The minimum absolute atomic E-state index is 0.220. The van der Waals surface area contributed by atoms with Crippen molar-refractivity contribution in [1.29, 1.82) is 0 Å². The summed E-state index contributed by atoms with van der Waals surface area (Å²) in [4.78, 5) is 29.0. The molecule has 162 valence electrons. The van der Waals surface area contributed by atoms with Crippen molar-refractivity contribution in [1.82, 2.24) is 10.2 Å². The molecule has 1 fully saturated rings. The minimum Gasteiger partial charge on any atom is -0.486 e. The van der Waals surface area contributed by atoms with Crippen LogP contribution in [0.5, 0.6) is 11.5 Å². The van der Waals surface area contributed by atoms with Gasteiger partial charge in [-0.15, -0.1) is 0 Å². The molecule has 31 heavy (non-hydrogen) atoms. The van der Waals surface area contributed by atoms with E-state index in [-0.39, 0.29) is 17.8 Å². The van der Waals surface area contributed by atoms with Crippen molar-refractivity contribution in [2.45, 2.75) is 18.5 Å². The Labute approximate surface area is 178 Å². The van der Waals surface area contributed by atoms with Gasteiger partial charge < -0.3 is 29.9 Å². The van der Waals surface area contributed by atoms with Crippen molar-refractivity contribution >= 4 is 23.3 Å². The van der Waals surface area contributed by atoms with E-state index in [1.165, 1.54) is 18.2 Å². The molecule has 0 radical (unpaired) electrons. The monoisotopic (exact) mass is 426 g/mol. The van der Waals surface area contributed by atoms with Gasteiger partial charge in [0.05, 0.1) is 11.3 Å². The molecule has 2 aromatic carbocycles. The van der Waals surface area contributed by atoms with Gasteiger partial charge in [-0.2, -0.15) is 0 Å². The number of hydrogen-bond acceptors (Lipinski definition) is 5. The van der Waals surface area contributed by atoms with Crippen molar-refractivity contribution < 1.29 is 23.5 Å². The van der Waals surface area contributed by atoms with Gasteiger partial charge in [0.1, 0.15) is 24.7 Å². The van der Waals surface area contributed by atoms with Gasteiger partial charge in [-0.25, -0.2) is 9.18 Å². The lowest BCUT2D eigenvalue weighted by molar-refractivity contribution is 0.0815. The average molecular weight is 426 g/mol. The van der Waals surface area contributed by atoms with Crippen molar-refractivity contribution in [2.75, 3.05) is 43.6 Å². The summed E-state index contributed by atoms with van der Waals surface area (Å²) in [5, 5.41) is 5.97. The van der Waals surface area contributed by atoms with Crippen LogP contribution in [-0.2, 0) is 0 Å². The fraction of sp³-hybridized carbons (Fsp3) is 0.364. The summed E-state index contributed by atoms with van der Waals surface area (Å²) in [6, 6.07) is 9.25. The van der Waals surface area contributed by atoms with E-state index >= 15 is 0 Å². The van der Waals surface area contributed by atoms with Gasteiger partial charge in [0, 0.05) is 44.7 Å². The summed E-state index contributed by atoms with van der Waals surface area (Å²) in [7, 11) is 1.85. The second kappa shape index (κ2) is 7.33. The highest BCUT2D eigenvalue weighted by molar-refractivity contribution is 6.02. The van der Waals surface area contributed by atoms with Gasteiger partial charge in [0.25, 0.3) is 5.91 Å². The van der Waals surface area contributed by atoms with Crippen LogP contribution in [0.2, 0.25) is 0 Å². The van der Waals surface area contributed by atoms with E-state index in [1.807, 2.05) is 11.9 Å².